The van der Waals surface area contributed by atoms with E-state index in [1.54, 1.807) is 19.1 Å². The van der Waals surface area contributed by atoms with Crippen molar-refractivity contribution < 1.29 is 32.2 Å². The maximum atomic E-state index is 13.9. The second-order valence-corrected chi connectivity index (χ2v) is 12.9. The third-order valence-electron chi connectivity index (χ3n) is 7.81. The summed E-state index contributed by atoms with van der Waals surface area (Å²) in [6.45, 7) is 10.9. The Labute approximate surface area is 244 Å². The van der Waals surface area contributed by atoms with Gasteiger partial charge in [-0.25, -0.2) is 8.42 Å². The van der Waals surface area contributed by atoms with Gasteiger partial charge in [0.25, 0.3) is 0 Å². The van der Waals surface area contributed by atoms with E-state index in [9.17, 15) is 13.2 Å². The summed E-state index contributed by atoms with van der Waals surface area (Å²) < 4.78 is 48.7. The van der Waals surface area contributed by atoms with Crippen molar-refractivity contribution in [1.82, 2.24) is 9.80 Å². The lowest BCUT2D eigenvalue weighted by Crippen LogP contribution is -2.54. The molecule has 0 aromatic heterocycles. The van der Waals surface area contributed by atoms with Crippen LogP contribution in [0.15, 0.2) is 53.4 Å². The third-order valence-corrected chi connectivity index (χ3v) is 10.3. The molecule has 2 aromatic rings. The molecule has 0 amide bonds. The highest BCUT2D eigenvalue weighted by Crippen LogP contribution is 2.38. The SMILES string of the molecule is CCCCOc1ccc(S(=O)(=O)C2(C(=O)OCC)CCN(Cc3cccc(OCCN4CCOCC4)c3)CC2)cc1. The number of unbranched alkanes of at least 4 members (excludes halogenated alkanes) is 1. The molecule has 2 fully saturated rings. The molecule has 2 aliphatic heterocycles. The first-order valence-corrected chi connectivity index (χ1v) is 16.2. The lowest BCUT2D eigenvalue weighted by Gasteiger charge is -2.39. The van der Waals surface area contributed by atoms with Gasteiger partial charge in [0, 0.05) is 39.3 Å². The highest BCUT2D eigenvalue weighted by Gasteiger charge is 2.54. The molecule has 2 saturated heterocycles. The number of hydrogen-bond donors (Lipinski definition) is 0. The molecule has 41 heavy (non-hydrogen) atoms. The number of sulfone groups is 1. The number of benzene rings is 2. The summed E-state index contributed by atoms with van der Waals surface area (Å²) in [6.07, 6.45) is 2.27. The molecule has 0 aliphatic carbocycles. The van der Waals surface area contributed by atoms with E-state index in [0.717, 1.165) is 57.0 Å². The predicted molar refractivity (Wildman–Crippen MR) is 157 cm³/mol. The van der Waals surface area contributed by atoms with Crippen LogP contribution in [0.25, 0.3) is 0 Å². The van der Waals surface area contributed by atoms with Crippen LogP contribution in [0.3, 0.4) is 0 Å². The average Bonchev–Trinajstić information content (AvgIpc) is 2.99. The van der Waals surface area contributed by atoms with Crippen LogP contribution in [0.5, 0.6) is 11.5 Å². The number of hydrogen-bond acceptors (Lipinski definition) is 9. The number of esters is 1. The quantitative estimate of drug-likeness (QED) is 0.240. The molecule has 0 unspecified atom stereocenters. The van der Waals surface area contributed by atoms with Gasteiger partial charge in [0.2, 0.25) is 0 Å². The second-order valence-electron chi connectivity index (χ2n) is 10.6. The van der Waals surface area contributed by atoms with Crippen LogP contribution in [0.1, 0.15) is 45.1 Å². The van der Waals surface area contributed by atoms with Gasteiger partial charge in [0.05, 0.1) is 31.3 Å². The highest BCUT2D eigenvalue weighted by atomic mass is 32.2. The van der Waals surface area contributed by atoms with E-state index in [2.05, 4.69) is 16.7 Å². The molecular weight excluding hydrogens is 544 g/mol. The molecule has 0 saturated carbocycles. The fourth-order valence-electron chi connectivity index (χ4n) is 5.30. The highest BCUT2D eigenvalue weighted by molar-refractivity contribution is 7.93. The Morgan fingerprint density at radius 3 is 2.29 bits per heavy atom. The first-order chi connectivity index (χ1) is 19.9. The number of rotatable bonds is 14. The summed E-state index contributed by atoms with van der Waals surface area (Å²) in [5, 5.41) is 0. The maximum Gasteiger partial charge on any atom is 0.327 e. The van der Waals surface area contributed by atoms with E-state index >= 15 is 0 Å². The zero-order chi connectivity index (χ0) is 29.1. The molecule has 2 aliphatic rings. The van der Waals surface area contributed by atoms with E-state index in [0.29, 0.717) is 38.6 Å². The number of morpholine rings is 1. The van der Waals surface area contributed by atoms with E-state index < -0.39 is 20.6 Å². The van der Waals surface area contributed by atoms with Gasteiger partial charge in [-0.1, -0.05) is 25.5 Å². The Balaban J connectivity index is 1.38. The fourth-order valence-corrected chi connectivity index (χ4v) is 7.25. The van der Waals surface area contributed by atoms with Gasteiger partial charge >= 0.3 is 5.97 Å². The van der Waals surface area contributed by atoms with Crippen molar-refractivity contribution in [2.75, 3.05) is 65.8 Å². The maximum absolute atomic E-state index is 13.9. The number of ether oxygens (including phenoxy) is 4. The van der Waals surface area contributed by atoms with Crippen molar-refractivity contribution in [3.05, 3.63) is 54.1 Å². The summed E-state index contributed by atoms with van der Waals surface area (Å²) in [4.78, 5) is 17.9. The van der Waals surface area contributed by atoms with Gasteiger partial charge in [-0.15, -0.1) is 0 Å². The Hall–Kier alpha value is -2.66. The van der Waals surface area contributed by atoms with Gasteiger partial charge in [0.15, 0.2) is 14.6 Å². The van der Waals surface area contributed by atoms with Crippen LogP contribution in [-0.4, -0.2) is 94.7 Å². The Morgan fingerprint density at radius 2 is 1.61 bits per heavy atom. The molecule has 226 valence electrons. The molecule has 0 spiro atoms. The first kappa shape index (κ1) is 31.3. The summed E-state index contributed by atoms with van der Waals surface area (Å²) in [5.41, 5.74) is 1.08. The standard InChI is InChI=1S/C31H44N2O7S/c1-3-5-20-39-27-9-11-29(12-10-27)41(35,36)31(30(34)38-4-2)13-15-33(16-14-31)25-26-7-6-8-28(24-26)40-23-19-32-17-21-37-22-18-32/h6-12,24H,3-5,13-23,25H2,1-2H3. The van der Waals surface area contributed by atoms with Gasteiger partial charge in [0.1, 0.15) is 18.1 Å². The number of carbonyl (C=O) groups is 1. The van der Waals surface area contributed by atoms with Gasteiger partial charge < -0.3 is 18.9 Å². The van der Waals surface area contributed by atoms with Crippen molar-refractivity contribution in [2.45, 2.75) is 55.7 Å². The van der Waals surface area contributed by atoms with Crippen LogP contribution < -0.4 is 9.47 Å². The molecule has 2 aromatic carbocycles. The van der Waals surface area contributed by atoms with E-state index in [-0.39, 0.29) is 24.3 Å². The third kappa shape index (κ3) is 8.00. The number of nitrogens with zero attached hydrogens (tertiary/aromatic N) is 2. The summed E-state index contributed by atoms with van der Waals surface area (Å²) in [7, 11) is -4.00. The molecule has 0 atom stereocenters. The monoisotopic (exact) mass is 588 g/mol. The summed E-state index contributed by atoms with van der Waals surface area (Å²) >= 11 is 0. The van der Waals surface area contributed by atoms with Crippen LogP contribution in [0.4, 0.5) is 0 Å². The molecule has 10 heteroatoms. The van der Waals surface area contributed by atoms with Crippen LogP contribution in [0, 0.1) is 0 Å². The van der Waals surface area contributed by atoms with E-state index in [4.69, 9.17) is 18.9 Å². The van der Waals surface area contributed by atoms with Crippen LogP contribution in [-0.2, 0) is 30.7 Å². The zero-order valence-corrected chi connectivity index (χ0v) is 25.2. The zero-order valence-electron chi connectivity index (χ0n) is 24.4. The predicted octanol–water partition coefficient (Wildman–Crippen LogP) is 3.95. The second kappa shape index (κ2) is 15.0. The molecule has 0 radical (unpaired) electrons. The number of piperidine rings is 1. The first-order valence-electron chi connectivity index (χ1n) is 14.8. The van der Waals surface area contributed by atoms with Crippen molar-refractivity contribution >= 4 is 15.8 Å². The lowest BCUT2D eigenvalue weighted by molar-refractivity contribution is -0.147. The normalized spacial score (nSPS) is 18.1. The molecule has 0 bridgehead atoms. The molecular formula is C31H44N2O7S. The Bertz CT molecular complexity index is 1210. The molecule has 4 rings (SSSR count). The van der Waals surface area contributed by atoms with Crippen LogP contribution in [0.2, 0.25) is 0 Å². The smallest absolute Gasteiger partial charge is 0.327 e. The molecule has 9 nitrogen and oxygen atoms in total. The van der Waals surface area contributed by atoms with Crippen LogP contribution >= 0.6 is 0 Å². The average molecular weight is 589 g/mol. The van der Waals surface area contributed by atoms with Crippen molar-refractivity contribution in [1.29, 1.82) is 0 Å². The van der Waals surface area contributed by atoms with Crippen molar-refractivity contribution in [3.8, 4) is 11.5 Å². The minimum Gasteiger partial charge on any atom is -0.494 e. The van der Waals surface area contributed by atoms with E-state index in [1.807, 2.05) is 24.3 Å². The van der Waals surface area contributed by atoms with Crippen molar-refractivity contribution in [3.63, 3.8) is 0 Å². The molecule has 2 heterocycles. The van der Waals surface area contributed by atoms with Gasteiger partial charge in [-0.3, -0.25) is 14.6 Å². The van der Waals surface area contributed by atoms with Gasteiger partial charge in [-0.05, 0) is 68.1 Å². The topological polar surface area (TPSA) is 94.6 Å². The van der Waals surface area contributed by atoms with Crippen molar-refractivity contribution in [2.24, 2.45) is 0 Å². The Kier molecular flexibility index (Phi) is 11.4. The largest absolute Gasteiger partial charge is 0.494 e. The Morgan fingerprint density at radius 1 is 0.902 bits per heavy atom. The minimum absolute atomic E-state index is 0.115. The molecule has 0 N–H and O–H groups in total. The summed E-state index contributed by atoms with van der Waals surface area (Å²) in [6, 6.07) is 14.4. The lowest BCUT2D eigenvalue weighted by atomic mass is 9.95. The summed E-state index contributed by atoms with van der Waals surface area (Å²) in [5.74, 6) is 0.765. The number of likely N-dealkylation sites (tertiary alicyclic amines) is 1. The fraction of sp³-hybridized carbons (Fsp3) is 0.581. The number of carbonyl (C=O) groups excluding carboxylic acids is 1. The van der Waals surface area contributed by atoms with E-state index in [1.165, 1.54) is 12.1 Å². The minimum atomic E-state index is -4.00. The van der Waals surface area contributed by atoms with Gasteiger partial charge in [-0.2, -0.15) is 0 Å².